The first kappa shape index (κ1) is 13.2. The van der Waals surface area contributed by atoms with Crippen molar-refractivity contribution in [1.29, 1.82) is 0 Å². The molecular formula is C15H23O. The van der Waals surface area contributed by atoms with Gasteiger partial charge in [0.05, 0.1) is 6.61 Å². The average molecular weight is 219 g/mol. The molecule has 0 atom stereocenters. The van der Waals surface area contributed by atoms with Crippen molar-refractivity contribution < 1.29 is 5.11 Å². The van der Waals surface area contributed by atoms with Crippen molar-refractivity contribution in [2.75, 3.05) is 6.61 Å². The molecule has 0 unspecified atom stereocenters. The zero-order chi connectivity index (χ0) is 11.8. The lowest BCUT2D eigenvalue weighted by molar-refractivity contribution is 0.189. The molecular weight excluding hydrogens is 196 g/mol. The lowest BCUT2D eigenvalue weighted by Gasteiger charge is -2.13. The molecule has 1 aromatic rings. The van der Waals surface area contributed by atoms with E-state index in [-0.39, 0.29) is 6.61 Å². The van der Waals surface area contributed by atoms with Crippen molar-refractivity contribution in [2.24, 2.45) is 0 Å². The first-order chi connectivity index (χ1) is 7.83. The van der Waals surface area contributed by atoms with Crippen LogP contribution in [0.3, 0.4) is 0 Å². The quantitative estimate of drug-likeness (QED) is 0.661. The summed E-state index contributed by atoms with van der Waals surface area (Å²) in [4.78, 5) is 0. The summed E-state index contributed by atoms with van der Waals surface area (Å²) < 4.78 is 0. The molecule has 1 rings (SSSR count). The minimum atomic E-state index is 0.0476. The highest BCUT2D eigenvalue weighted by Gasteiger charge is 2.06. The van der Waals surface area contributed by atoms with Gasteiger partial charge in [-0.15, -0.1) is 0 Å². The summed E-state index contributed by atoms with van der Waals surface area (Å²) in [6, 6.07) is 6.61. The molecule has 0 N–H and O–H groups in total. The van der Waals surface area contributed by atoms with Crippen LogP contribution < -0.4 is 0 Å². The zero-order valence-electron chi connectivity index (χ0n) is 10.6. The van der Waals surface area contributed by atoms with E-state index in [1.54, 1.807) is 0 Å². The SMILES string of the molecule is CCCc1cccc(CCC)c1CCC[O]. The van der Waals surface area contributed by atoms with Crippen molar-refractivity contribution in [3.8, 4) is 0 Å². The molecule has 0 saturated carbocycles. The van der Waals surface area contributed by atoms with Crippen LogP contribution in [-0.4, -0.2) is 6.61 Å². The van der Waals surface area contributed by atoms with Gasteiger partial charge >= 0.3 is 0 Å². The van der Waals surface area contributed by atoms with Gasteiger partial charge in [0.1, 0.15) is 0 Å². The van der Waals surface area contributed by atoms with E-state index >= 15 is 0 Å². The van der Waals surface area contributed by atoms with Gasteiger partial charge in [0.2, 0.25) is 0 Å². The Morgan fingerprint density at radius 2 is 1.50 bits per heavy atom. The molecule has 0 aliphatic rings. The van der Waals surface area contributed by atoms with Crippen molar-refractivity contribution in [1.82, 2.24) is 0 Å². The van der Waals surface area contributed by atoms with Crippen LogP contribution in [0.5, 0.6) is 0 Å². The van der Waals surface area contributed by atoms with Crippen LogP contribution in [0.1, 0.15) is 49.8 Å². The predicted octanol–water partition coefficient (Wildman–Crippen LogP) is 3.95. The minimum Gasteiger partial charge on any atom is -0.237 e. The third kappa shape index (κ3) is 3.64. The molecule has 1 nitrogen and oxygen atoms in total. The smallest absolute Gasteiger partial charge is 0.0825 e. The first-order valence-corrected chi connectivity index (χ1v) is 6.51. The van der Waals surface area contributed by atoms with Crippen LogP contribution in [0.2, 0.25) is 0 Å². The van der Waals surface area contributed by atoms with Gasteiger partial charge in [-0.1, -0.05) is 44.9 Å². The summed E-state index contributed by atoms with van der Waals surface area (Å²) in [6.45, 7) is 4.47. The third-order valence-electron chi connectivity index (χ3n) is 2.98. The lowest BCUT2D eigenvalue weighted by atomic mass is 9.92. The van der Waals surface area contributed by atoms with Gasteiger partial charge in [-0.05, 0) is 42.4 Å². The predicted molar refractivity (Wildman–Crippen MR) is 68.3 cm³/mol. The standard InChI is InChI=1S/C15H23O/c1-3-7-13-9-5-10-14(8-4-2)15(13)11-6-12-16/h5,9-10H,3-4,6-8,11-12H2,1-2H3. The average Bonchev–Trinajstić information content (AvgIpc) is 2.29. The second kappa shape index (κ2) is 7.45. The van der Waals surface area contributed by atoms with Crippen LogP contribution in [0.25, 0.3) is 0 Å². The maximum absolute atomic E-state index is 10.6. The molecule has 0 bridgehead atoms. The van der Waals surface area contributed by atoms with Crippen molar-refractivity contribution in [3.63, 3.8) is 0 Å². The second-order valence-electron chi connectivity index (χ2n) is 4.36. The molecule has 16 heavy (non-hydrogen) atoms. The van der Waals surface area contributed by atoms with E-state index in [9.17, 15) is 5.11 Å². The largest absolute Gasteiger partial charge is 0.237 e. The Balaban J connectivity index is 2.92. The Kier molecular flexibility index (Phi) is 6.17. The summed E-state index contributed by atoms with van der Waals surface area (Å²) in [5, 5.41) is 10.6. The topological polar surface area (TPSA) is 19.9 Å². The van der Waals surface area contributed by atoms with Gasteiger partial charge in [-0.2, -0.15) is 0 Å². The van der Waals surface area contributed by atoms with E-state index in [1.807, 2.05) is 0 Å². The Morgan fingerprint density at radius 1 is 0.938 bits per heavy atom. The fraction of sp³-hybridized carbons (Fsp3) is 0.600. The Labute approximate surface area is 99.5 Å². The molecule has 89 valence electrons. The normalized spacial score (nSPS) is 10.7. The molecule has 0 spiro atoms. The van der Waals surface area contributed by atoms with Crippen LogP contribution in [0, 0.1) is 0 Å². The summed E-state index contributed by atoms with van der Waals surface area (Å²) in [7, 11) is 0. The number of benzene rings is 1. The fourth-order valence-corrected chi connectivity index (χ4v) is 2.27. The molecule has 0 heterocycles. The maximum atomic E-state index is 10.6. The monoisotopic (exact) mass is 219 g/mol. The van der Waals surface area contributed by atoms with Crippen LogP contribution in [0.15, 0.2) is 18.2 Å². The molecule has 0 aliphatic carbocycles. The number of rotatable bonds is 7. The van der Waals surface area contributed by atoms with E-state index < -0.39 is 0 Å². The van der Waals surface area contributed by atoms with E-state index in [0.717, 1.165) is 25.7 Å². The highest BCUT2D eigenvalue weighted by molar-refractivity contribution is 5.35. The van der Waals surface area contributed by atoms with Crippen LogP contribution in [-0.2, 0) is 24.4 Å². The second-order valence-corrected chi connectivity index (χ2v) is 4.36. The molecule has 1 heteroatoms. The number of hydrogen-bond acceptors (Lipinski definition) is 0. The number of hydrogen-bond donors (Lipinski definition) is 0. The Hall–Kier alpha value is -0.820. The van der Waals surface area contributed by atoms with E-state index in [1.165, 1.54) is 29.5 Å². The fourth-order valence-electron chi connectivity index (χ4n) is 2.27. The van der Waals surface area contributed by atoms with Crippen molar-refractivity contribution >= 4 is 0 Å². The highest BCUT2D eigenvalue weighted by Crippen LogP contribution is 2.20. The summed E-state index contributed by atoms with van der Waals surface area (Å²) >= 11 is 0. The van der Waals surface area contributed by atoms with Gasteiger partial charge in [0.25, 0.3) is 0 Å². The summed E-state index contributed by atoms with van der Waals surface area (Å²) in [6.07, 6.45) is 6.39. The van der Waals surface area contributed by atoms with E-state index in [4.69, 9.17) is 0 Å². The van der Waals surface area contributed by atoms with Crippen molar-refractivity contribution in [3.05, 3.63) is 34.9 Å². The molecule has 0 saturated heterocycles. The Bertz CT molecular complexity index is 280. The maximum Gasteiger partial charge on any atom is 0.0825 e. The van der Waals surface area contributed by atoms with Crippen LogP contribution in [0.4, 0.5) is 0 Å². The number of aryl methyl sites for hydroxylation is 2. The van der Waals surface area contributed by atoms with Gasteiger partial charge in [-0.25, -0.2) is 5.11 Å². The minimum absolute atomic E-state index is 0.0476. The first-order valence-electron chi connectivity index (χ1n) is 6.51. The summed E-state index contributed by atoms with van der Waals surface area (Å²) in [5.74, 6) is 0. The molecule has 0 amide bonds. The van der Waals surface area contributed by atoms with E-state index in [2.05, 4.69) is 32.0 Å². The zero-order valence-corrected chi connectivity index (χ0v) is 10.6. The highest BCUT2D eigenvalue weighted by atomic mass is 16.2. The van der Waals surface area contributed by atoms with Gasteiger partial charge in [-0.3, -0.25) is 0 Å². The molecule has 1 radical (unpaired) electrons. The molecule has 1 aromatic carbocycles. The van der Waals surface area contributed by atoms with Gasteiger partial charge in [0.15, 0.2) is 0 Å². The summed E-state index contributed by atoms with van der Waals surface area (Å²) in [5.41, 5.74) is 4.38. The van der Waals surface area contributed by atoms with Gasteiger partial charge < -0.3 is 0 Å². The molecule has 0 aliphatic heterocycles. The molecule has 0 aromatic heterocycles. The Morgan fingerprint density at radius 3 is 1.94 bits per heavy atom. The van der Waals surface area contributed by atoms with Crippen LogP contribution >= 0.6 is 0 Å². The van der Waals surface area contributed by atoms with E-state index in [0.29, 0.717) is 0 Å². The van der Waals surface area contributed by atoms with Gasteiger partial charge in [0, 0.05) is 0 Å². The lowest BCUT2D eigenvalue weighted by Crippen LogP contribution is -2.01. The molecule has 0 fully saturated rings. The third-order valence-corrected chi connectivity index (χ3v) is 2.98. The van der Waals surface area contributed by atoms with Crippen molar-refractivity contribution in [2.45, 2.75) is 52.4 Å².